The number of rotatable bonds is 10. The summed E-state index contributed by atoms with van der Waals surface area (Å²) < 4.78 is 0. The fourth-order valence-corrected chi connectivity index (χ4v) is 4.96. The van der Waals surface area contributed by atoms with Crippen LogP contribution in [-0.4, -0.2) is 33.2 Å². The lowest BCUT2D eigenvalue weighted by Gasteiger charge is -2.15. The molecular formula is C28H30N4O2S. The van der Waals surface area contributed by atoms with Gasteiger partial charge in [-0.2, -0.15) is 0 Å². The molecule has 0 saturated heterocycles. The van der Waals surface area contributed by atoms with E-state index < -0.39 is 0 Å². The van der Waals surface area contributed by atoms with Crippen LogP contribution in [0.5, 0.6) is 0 Å². The van der Waals surface area contributed by atoms with Crippen LogP contribution in [0, 0.1) is 13.8 Å². The smallest absolute Gasteiger partial charge is 0.278 e. The van der Waals surface area contributed by atoms with E-state index in [9.17, 15) is 9.59 Å². The van der Waals surface area contributed by atoms with Crippen LogP contribution in [0.15, 0.2) is 76.4 Å². The Morgan fingerprint density at radius 2 is 1.51 bits per heavy atom. The summed E-state index contributed by atoms with van der Waals surface area (Å²) in [5.41, 5.74) is 5.00. The number of benzene rings is 2. The van der Waals surface area contributed by atoms with Crippen molar-refractivity contribution in [1.29, 1.82) is 0 Å². The Balaban J connectivity index is 1.60. The van der Waals surface area contributed by atoms with Crippen molar-refractivity contribution in [2.24, 2.45) is 0 Å². The van der Waals surface area contributed by atoms with Gasteiger partial charge in [-0.15, -0.1) is 0 Å². The van der Waals surface area contributed by atoms with Crippen molar-refractivity contribution in [3.63, 3.8) is 0 Å². The van der Waals surface area contributed by atoms with Gasteiger partial charge in [-0.1, -0.05) is 55.8 Å². The van der Waals surface area contributed by atoms with E-state index in [1.54, 1.807) is 0 Å². The van der Waals surface area contributed by atoms with Gasteiger partial charge in [-0.3, -0.25) is 14.5 Å². The highest BCUT2D eigenvalue weighted by molar-refractivity contribution is 8.04. The van der Waals surface area contributed by atoms with Gasteiger partial charge in [0, 0.05) is 23.6 Å². The molecule has 35 heavy (non-hydrogen) atoms. The first kappa shape index (κ1) is 24.7. The second-order valence-electron chi connectivity index (χ2n) is 8.66. The minimum Gasteiger partial charge on any atom is -0.350 e. The molecule has 1 aliphatic heterocycles. The van der Waals surface area contributed by atoms with Crippen molar-refractivity contribution in [3.05, 3.63) is 93.8 Å². The summed E-state index contributed by atoms with van der Waals surface area (Å²) >= 11 is 1.14. The number of unbranched alkanes of at least 4 members (excludes halogenated alkanes) is 1. The number of aromatic nitrogens is 2. The largest absolute Gasteiger partial charge is 0.350 e. The Morgan fingerprint density at radius 3 is 2.17 bits per heavy atom. The maximum absolute atomic E-state index is 13.4. The number of hydrogen-bond acceptors (Lipinski definition) is 6. The highest BCUT2D eigenvalue weighted by Crippen LogP contribution is 2.34. The van der Waals surface area contributed by atoms with Gasteiger partial charge in [0.1, 0.15) is 10.6 Å². The minimum absolute atomic E-state index is 0.275. The molecule has 0 bridgehead atoms. The zero-order chi connectivity index (χ0) is 24.8. The molecule has 0 atom stereocenters. The number of hydrogen-bond donors (Lipinski definition) is 1. The SMILES string of the molecule is CCCCc1ccc(NC2=C(Sc3nc(C)cc(C)n3)C(=O)N(CCc3ccccc3)C2=O)cc1. The number of carbonyl (C=O) groups excluding carboxylic acids is 2. The molecule has 1 N–H and O–H groups in total. The Morgan fingerprint density at radius 1 is 0.857 bits per heavy atom. The molecule has 0 unspecified atom stereocenters. The molecule has 7 heteroatoms. The fourth-order valence-electron chi connectivity index (χ4n) is 3.96. The molecule has 3 aromatic rings. The maximum atomic E-state index is 13.4. The van der Waals surface area contributed by atoms with Gasteiger partial charge in [0.05, 0.1) is 0 Å². The molecule has 1 aliphatic rings. The number of imide groups is 1. The van der Waals surface area contributed by atoms with Crippen molar-refractivity contribution >= 4 is 29.3 Å². The molecule has 0 spiro atoms. The summed E-state index contributed by atoms with van der Waals surface area (Å²) in [5.74, 6) is -0.645. The number of nitrogens with one attached hydrogen (secondary N) is 1. The molecule has 1 aromatic heterocycles. The summed E-state index contributed by atoms with van der Waals surface area (Å²) in [6.45, 7) is 6.26. The zero-order valence-corrected chi connectivity index (χ0v) is 21.2. The van der Waals surface area contributed by atoms with Crippen molar-refractivity contribution < 1.29 is 9.59 Å². The minimum atomic E-state index is -0.326. The molecule has 0 saturated carbocycles. The average molecular weight is 487 g/mol. The normalized spacial score (nSPS) is 13.6. The van der Waals surface area contributed by atoms with E-state index in [0.717, 1.165) is 53.7 Å². The summed E-state index contributed by atoms with van der Waals surface area (Å²) in [6.07, 6.45) is 3.90. The highest BCUT2D eigenvalue weighted by atomic mass is 32.2. The second-order valence-corrected chi connectivity index (χ2v) is 9.64. The molecule has 0 aliphatic carbocycles. The van der Waals surface area contributed by atoms with Crippen molar-refractivity contribution in [2.75, 3.05) is 11.9 Å². The van der Waals surface area contributed by atoms with E-state index in [2.05, 4.69) is 34.3 Å². The van der Waals surface area contributed by atoms with E-state index in [1.807, 2.05) is 62.4 Å². The van der Waals surface area contributed by atoms with Gasteiger partial charge in [-0.05, 0) is 74.2 Å². The molecule has 180 valence electrons. The lowest BCUT2D eigenvalue weighted by atomic mass is 10.1. The third-order valence-corrected chi connectivity index (χ3v) is 6.74. The second kappa shape index (κ2) is 11.3. The van der Waals surface area contributed by atoms with Crippen LogP contribution in [-0.2, 0) is 22.4 Å². The fraction of sp³-hybridized carbons (Fsp3) is 0.286. The van der Waals surface area contributed by atoms with Crippen LogP contribution in [0.4, 0.5) is 5.69 Å². The monoisotopic (exact) mass is 486 g/mol. The lowest BCUT2D eigenvalue weighted by Crippen LogP contribution is -2.34. The highest BCUT2D eigenvalue weighted by Gasteiger charge is 2.39. The Bertz CT molecular complexity index is 1220. The maximum Gasteiger partial charge on any atom is 0.278 e. The number of anilines is 1. The van der Waals surface area contributed by atoms with Crippen molar-refractivity contribution in [3.8, 4) is 0 Å². The Hall–Kier alpha value is -3.45. The van der Waals surface area contributed by atoms with Gasteiger partial charge < -0.3 is 5.32 Å². The van der Waals surface area contributed by atoms with E-state index in [0.29, 0.717) is 23.0 Å². The standard InChI is InChI=1S/C28H30N4O2S/c1-4-5-9-22-12-14-23(15-13-22)31-24-25(35-28-29-19(2)18-20(3)30-28)27(34)32(26(24)33)17-16-21-10-7-6-8-11-21/h6-8,10-15,18,31H,4-5,9,16-17H2,1-3H3. The van der Waals surface area contributed by atoms with Crippen LogP contribution in [0.2, 0.25) is 0 Å². The average Bonchev–Trinajstić information content (AvgIpc) is 3.06. The zero-order valence-electron chi connectivity index (χ0n) is 20.4. The predicted molar refractivity (Wildman–Crippen MR) is 140 cm³/mol. The third-order valence-electron chi connectivity index (χ3n) is 5.79. The third kappa shape index (κ3) is 6.17. The molecule has 0 radical (unpaired) electrons. The Kier molecular flexibility index (Phi) is 7.98. The predicted octanol–water partition coefficient (Wildman–Crippen LogP) is 5.46. The van der Waals surface area contributed by atoms with Gasteiger partial charge in [0.25, 0.3) is 11.8 Å². The van der Waals surface area contributed by atoms with E-state index in [1.165, 1.54) is 10.5 Å². The molecule has 0 fully saturated rings. The number of carbonyl (C=O) groups is 2. The summed E-state index contributed by atoms with van der Waals surface area (Å²) in [4.78, 5) is 37.4. The molecule has 6 nitrogen and oxygen atoms in total. The lowest BCUT2D eigenvalue weighted by molar-refractivity contribution is -0.137. The quantitative estimate of drug-likeness (QED) is 0.303. The summed E-state index contributed by atoms with van der Waals surface area (Å²) in [5, 5.41) is 3.68. The van der Waals surface area contributed by atoms with Gasteiger partial charge in [0.15, 0.2) is 5.16 Å². The first-order valence-corrected chi connectivity index (χ1v) is 12.8. The van der Waals surface area contributed by atoms with Crippen molar-refractivity contribution in [2.45, 2.75) is 51.6 Å². The molecule has 2 heterocycles. The van der Waals surface area contributed by atoms with E-state index in [-0.39, 0.29) is 17.5 Å². The van der Waals surface area contributed by atoms with Gasteiger partial charge in [-0.25, -0.2) is 9.97 Å². The van der Waals surface area contributed by atoms with E-state index in [4.69, 9.17) is 0 Å². The van der Waals surface area contributed by atoms with Gasteiger partial charge in [0.2, 0.25) is 0 Å². The first-order chi connectivity index (χ1) is 16.9. The van der Waals surface area contributed by atoms with Crippen LogP contribution in [0.3, 0.4) is 0 Å². The molecule has 4 rings (SSSR count). The summed E-state index contributed by atoms with van der Waals surface area (Å²) in [6, 6.07) is 19.8. The van der Waals surface area contributed by atoms with Gasteiger partial charge >= 0.3 is 0 Å². The first-order valence-electron chi connectivity index (χ1n) is 11.9. The van der Waals surface area contributed by atoms with Crippen LogP contribution in [0.1, 0.15) is 42.3 Å². The summed E-state index contributed by atoms with van der Waals surface area (Å²) in [7, 11) is 0. The van der Waals surface area contributed by atoms with E-state index >= 15 is 0 Å². The number of nitrogens with zero attached hydrogens (tertiary/aromatic N) is 3. The van der Waals surface area contributed by atoms with Crippen molar-refractivity contribution in [1.82, 2.24) is 14.9 Å². The molecular weight excluding hydrogens is 456 g/mol. The van der Waals surface area contributed by atoms with Crippen LogP contribution in [0.25, 0.3) is 0 Å². The number of aryl methyl sites for hydroxylation is 3. The molecule has 2 amide bonds. The topological polar surface area (TPSA) is 75.2 Å². The van der Waals surface area contributed by atoms with Crippen LogP contribution < -0.4 is 5.32 Å². The molecule has 2 aromatic carbocycles. The number of amides is 2. The Labute approximate surface area is 210 Å². The van der Waals surface area contributed by atoms with Crippen LogP contribution >= 0.6 is 11.8 Å². The number of thioether (sulfide) groups is 1.